The highest BCUT2D eigenvalue weighted by atomic mass is 32.2. The second-order valence-corrected chi connectivity index (χ2v) is 7.92. The minimum Gasteiger partial charge on any atom is -0.376 e. The molecule has 0 bridgehead atoms. The molecule has 0 saturated carbocycles. The van der Waals surface area contributed by atoms with Gasteiger partial charge in [0, 0.05) is 31.8 Å². The van der Waals surface area contributed by atoms with Crippen LogP contribution in [-0.2, 0) is 14.8 Å². The summed E-state index contributed by atoms with van der Waals surface area (Å²) in [5, 5.41) is 2.82. The van der Waals surface area contributed by atoms with Gasteiger partial charge in [0.1, 0.15) is 0 Å². The van der Waals surface area contributed by atoms with Gasteiger partial charge in [-0.3, -0.25) is 4.79 Å². The second-order valence-electron chi connectivity index (χ2n) is 5.98. The zero-order valence-corrected chi connectivity index (χ0v) is 13.8. The summed E-state index contributed by atoms with van der Waals surface area (Å²) in [4.78, 5) is 12.4. The Hall–Kier alpha value is -1.44. The first-order chi connectivity index (χ1) is 11.1. The lowest BCUT2D eigenvalue weighted by atomic mass is 10.2. The number of rotatable bonds is 5. The number of amides is 1. The highest BCUT2D eigenvalue weighted by molar-refractivity contribution is 7.89. The van der Waals surface area contributed by atoms with Gasteiger partial charge in [0.05, 0.1) is 11.0 Å². The molecule has 3 rings (SSSR count). The molecule has 2 fully saturated rings. The van der Waals surface area contributed by atoms with E-state index in [1.807, 2.05) is 0 Å². The van der Waals surface area contributed by atoms with E-state index in [0.29, 0.717) is 25.2 Å². The molecule has 1 aromatic rings. The molecule has 2 saturated heterocycles. The lowest BCUT2D eigenvalue weighted by molar-refractivity contribution is 0.0857. The monoisotopic (exact) mass is 338 g/mol. The van der Waals surface area contributed by atoms with Crippen molar-refractivity contribution in [3.63, 3.8) is 0 Å². The molecule has 0 aliphatic carbocycles. The van der Waals surface area contributed by atoms with Crippen LogP contribution in [-0.4, -0.2) is 51.0 Å². The van der Waals surface area contributed by atoms with Crippen LogP contribution in [0.25, 0.3) is 0 Å². The number of benzene rings is 1. The molecule has 23 heavy (non-hydrogen) atoms. The molecule has 7 heteroatoms. The predicted octanol–water partition coefficient (Wildman–Crippen LogP) is 1.38. The predicted molar refractivity (Wildman–Crippen MR) is 85.7 cm³/mol. The van der Waals surface area contributed by atoms with Crippen molar-refractivity contribution < 1.29 is 17.9 Å². The van der Waals surface area contributed by atoms with E-state index in [1.165, 1.54) is 10.4 Å². The van der Waals surface area contributed by atoms with E-state index >= 15 is 0 Å². The van der Waals surface area contributed by atoms with E-state index in [1.54, 1.807) is 18.2 Å². The van der Waals surface area contributed by atoms with Crippen molar-refractivity contribution in [1.82, 2.24) is 9.62 Å². The summed E-state index contributed by atoms with van der Waals surface area (Å²) in [5.41, 5.74) is 0.364. The first-order valence-electron chi connectivity index (χ1n) is 8.07. The third-order valence-corrected chi connectivity index (χ3v) is 6.21. The maximum absolute atomic E-state index is 12.6. The van der Waals surface area contributed by atoms with E-state index in [4.69, 9.17) is 4.74 Å². The number of hydrogen-bond donors (Lipinski definition) is 1. The quantitative estimate of drug-likeness (QED) is 0.880. The molecule has 126 valence electrons. The van der Waals surface area contributed by atoms with Gasteiger partial charge in [-0.05, 0) is 43.9 Å². The summed E-state index contributed by atoms with van der Waals surface area (Å²) in [5.74, 6) is -0.265. The molecular formula is C16H22N2O4S. The van der Waals surface area contributed by atoms with Crippen LogP contribution < -0.4 is 5.32 Å². The summed E-state index contributed by atoms with van der Waals surface area (Å²) in [6.07, 6.45) is 3.81. The number of carbonyl (C=O) groups excluding carboxylic acids is 1. The van der Waals surface area contributed by atoms with E-state index in [-0.39, 0.29) is 16.9 Å². The zero-order chi connectivity index (χ0) is 16.3. The SMILES string of the molecule is O=C(NC[C@H]1CCCO1)c1cccc(S(=O)(=O)N2CCCC2)c1. The summed E-state index contributed by atoms with van der Waals surface area (Å²) < 4.78 is 32.1. The molecular weight excluding hydrogens is 316 g/mol. The third kappa shape index (κ3) is 3.73. The zero-order valence-electron chi connectivity index (χ0n) is 13.0. The van der Waals surface area contributed by atoms with Gasteiger partial charge in [0.15, 0.2) is 0 Å². The van der Waals surface area contributed by atoms with Gasteiger partial charge in [-0.15, -0.1) is 0 Å². The lowest BCUT2D eigenvalue weighted by Gasteiger charge is -2.16. The molecule has 2 aliphatic rings. The van der Waals surface area contributed by atoms with E-state index in [2.05, 4.69) is 5.32 Å². The normalized spacial score (nSPS) is 22.3. The Labute approximate surface area is 136 Å². The lowest BCUT2D eigenvalue weighted by Crippen LogP contribution is -2.32. The van der Waals surface area contributed by atoms with Crippen molar-refractivity contribution in [3.8, 4) is 0 Å². The average molecular weight is 338 g/mol. The molecule has 1 aromatic carbocycles. The Morgan fingerprint density at radius 3 is 2.74 bits per heavy atom. The number of hydrogen-bond acceptors (Lipinski definition) is 4. The topological polar surface area (TPSA) is 75.7 Å². The Kier molecular flexibility index (Phi) is 4.99. The van der Waals surface area contributed by atoms with Gasteiger partial charge in [0.25, 0.3) is 5.91 Å². The first kappa shape index (κ1) is 16.4. The van der Waals surface area contributed by atoms with Crippen LogP contribution in [0.2, 0.25) is 0 Å². The van der Waals surface area contributed by atoms with Gasteiger partial charge in [-0.2, -0.15) is 4.31 Å². The van der Waals surface area contributed by atoms with Crippen molar-refractivity contribution in [2.75, 3.05) is 26.2 Å². The maximum Gasteiger partial charge on any atom is 0.251 e. The molecule has 0 aromatic heterocycles. The maximum atomic E-state index is 12.6. The van der Waals surface area contributed by atoms with E-state index < -0.39 is 10.0 Å². The molecule has 0 radical (unpaired) electrons. The van der Waals surface area contributed by atoms with Crippen molar-refractivity contribution in [2.45, 2.75) is 36.7 Å². The molecule has 1 amide bonds. The largest absolute Gasteiger partial charge is 0.376 e. The molecule has 0 spiro atoms. The number of nitrogens with one attached hydrogen (secondary N) is 1. The van der Waals surface area contributed by atoms with Crippen molar-refractivity contribution in [3.05, 3.63) is 29.8 Å². The molecule has 2 aliphatic heterocycles. The van der Waals surface area contributed by atoms with Crippen molar-refractivity contribution >= 4 is 15.9 Å². The molecule has 1 atom stereocenters. The smallest absolute Gasteiger partial charge is 0.251 e. The van der Waals surface area contributed by atoms with Gasteiger partial charge in [-0.25, -0.2) is 8.42 Å². The minimum absolute atomic E-state index is 0.0652. The van der Waals surface area contributed by atoms with Crippen LogP contribution >= 0.6 is 0 Å². The van der Waals surface area contributed by atoms with Gasteiger partial charge in [-0.1, -0.05) is 6.07 Å². The van der Waals surface area contributed by atoms with Crippen molar-refractivity contribution in [1.29, 1.82) is 0 Å². The van der Waals surface area contributed by atoms with E-state index in [9.17, 15) is 13.2 Å². The first-order valence-corrected chi connectivity index (χ1v) is 9.51. The molecule has 6 nitrogen and oxygen atoms in total. The summed E-state index contributed by atoms with van der Waals surface area (Å²) in [6, 6.07) is 6.25. The van der Waals surface area contributed by atoms with Crippen molar-refractivity contribution in [2.24, 2.45) is 0 Å². The Bertz CT molecular complexity index is 662. The van der Waals surface area contributed by atoms with Crippen LogP contribution in [0.4, 0.5) is 0 Å². The Morgan fingerprint density at radius 2 is 2.04 bits per heavy atom. The van der Waals surface area contributed by atoms with Crippen LogP contribution in [0.1, 0.15) is 36.0 Å². The summed E-state index contributed by atoms with van der Waals surface area (Å²) >= 11 is 0. The van der Waals surface area contributed by atoms with Gasteiger partial charge in [0.2, 0.25) is 10.0 Å². The third-order valence-electron chi connectivity index (χ3n) is 4.31. The Balaban J connectivity index is 1.70. The van der Waals surface area contributed by atoms with E-state index in [0.717, 1.165) is 32.3 Å². The second kappa shape index (κ2) is 6.98. The van der Waals surface area contributed by atoms with Crippen LogP contribution in [0, 0.1) is 0 Å². The number of ether oxygens (including phenoxy) is 1. The minimum atomic E-state index is -3.50. The van der Waals surface area contributed by atoms with Gasteiger partial charge < -0.3 is 10.1 Å². The fraction of sp³-hybridized carbons (Fsp3) is 0.562. The Morgan fingerprint density at radius 1 is 1.26 bits per heavy atom. The average Bonchev–Trinajstić information content (AvgIpc) is 3.26. The van der Waals surface area contributed by atoms with Crippen LogP contribution in [0.3, 0.4) is 0 Å². The number of sulfonamides is 1. The molecule has 1 N–H and O–H groups in total. The fourth-order valence-electron chi connectivity index (χ4n) is 2.99. The summed E-state index contributed by atoms with van der Waals surface area (Å²) in [7, 11) is -3.50. The molecule has 0 unspecified atom stereocenters. The standard InChI is InChI=1S/C16H22N2O4S/c19-16(17-12-14-6-4-10-22-14)13-5-3-7-15(11-13)23(20,21)18-8-1-2-9-18/h3,5,7,11,14H,1-2,4,6,8-10,12H2,(H,17,19)/t14-/m1/s1. The van der Waals surface area contributed by atoms with Crippen LogP contribution in [0.5, 0.6) is 0 Å². The summed E-state index contributed by atoms with van der Waals surface area (Å²) in [6.45, 7) is 2.31. The van der Waals surface area contributed by atoms with Gasteiger partial charge >= 0.3 is 0 Å². The molecule has 2 heterocycles. The fourth-order valence-corrected chi connectivity index (χ4v) is 4.55. The van der Waals surface area contributed by atoms with Crippen LogP contribution in [0.15, 0.2) is 29.2 Å². The highest BCUT2D eigenvalue weighted by Crippen LogP contribution is 2.21. The highest BCUT2D eigenvalue weighted by Gasteiger charge is 2.27. The number of carbonyl (C=O) groups is 1. The number of nitrogens with zero attached hydrogens (tertiary/aromatic N) is 1.